The van der Waals surface area contributed by atoms with Gasteiger partial charge in [0.1, 0.15) is 5.75 Å². The molecule has 2 rings (SSSR count). The fourth-order valence-corrected chi connectivity index (χ4v) is 2.10. The highest BCUT2D eigenvalue weighted by molar-refractivity contribution is 5.59. The van der Waals surface area contributed by atoms with Crippen LogP contribution in [-0.2, 0) is 0 Å². The van der Waals surface area contributed by atoms with Gasteiger partial charge in [0.05, 0.1) is 5.69 Å². The van der Waals surface area contributed by atoms with Crippen LogP contribution >= 0.6 is 0 Å². The van der Waals surface area contributed by atoms with E-state index in [1.165, 1.54) is 6.42 Å². The summed E-state index contributed by atoms with van der Waals surface area (Å²) < 4.78 is 0. The number of benzene rings is 1. The molecule has 1 saturated heterocycles. The van der Waals surface area contributed by atoms with Crippen LogP contribution < -0.4 is 11.1 Å². The molecule has 14 heavy (non-hydrogen) atoms. The molecule has 3 nitrogen and oxygen atoms in total. The van der Waals surface area contributed by atoms with Gasteiger partial charge in [0, 0.05) is 11.6 Å². The van der Waals surface area contributed by atoms with Gasteiger partial charge in [-0.1, -0.05) is 6.07 Å². The molecule has 0 amide bonds. The van der Waals surface area contributed by atoms with E-state index in [2.05, 4.69) is 5.32 Å². The molecule has 1 atom stereocenters. The van der Waals surface area contributed by atoms with E-state index in [0.717, 1.165) is 24.1 Å². The minimum atomic E-state index is 0.254. The van der Waals surface area contributed by atoms with Crippen LogP contribution in [0.25, 0.3) is 0 Å². The highest BCUT2D eigenvalue weighted by atomic mass is 16.3. The third-order valence-corrected chi connectivity index (χ3v) is 2.88. The second kappa shape index (κ2) is 3.50. The second-order valence-corrected chi connectivity index (χ2v) is 3.88. The first-order valence-corrected chi connectivity index (χ1v) is 5.01. The Hall–Kier alpha value is -1.22. The largest absolute Gasteiger partial charge is 0.505 e. The summed E-state index contributed by atoms with van der Waals surface area (Å²) in [7, 11) is 0. The molecule has 1 fully saturated rings. The lowest BCUT2D eigenvalue weighted by Crippen LogP contribution is -2.14. The van der Waals surface area contributed by atoms with Gasteiger partial charge in [-0.25, -0.2) is 0 Å². The standard InChI is InChI=1S/C11H16N2O/c1-7-4-5-8(12)11(14)10(7)9-3-2-6-13-9/h4-5,9,13-14H,2-3,6,12H2,1H3/t9-/m1/s1. The number of hydrogen-bond donors (Lipinski definition) is 3. The maximum Gasteiger partial charge on any atom is 0.143 e. The van der Waals surface area contributed by atoms with Crippen LogP contribution in [0.3, 0.4) is 0 Å². The molecule has 3 heteroatoms. The van der Waals surface area contributed by atoms with Gasteiger partial charge in [0.25, 0.3) is 0 Å². The van der Waals surface area contributed by atoms with Crippen molar-refractivity contribution in [3.63, 3.8) is 0 Å². The average Bonchev–Trinajstić information content (AvgIpc) is 2.65. The minimum Gasteiger partial charge on any atom is -0.505 e. The smallest absolute Gasteiger partial charge is 0.143 e. The Morgan fingerprint density at radius 2 is 2.29 bits per heavy atom. The highest BCUT2D eigenvalue weighted by Gasteiger charge is 2.21. The van der Waals surface area contributed by atoms with Crippen LogP contribution in [0.2, 0.25) is 0 Å². The number of nitrogen functional groups attached to an aromatic ring is 1. The number of phenolic OH excluding ortho intramolecular Hbond substituents is 1. The molecule has 0 radical (unpaired) electrons. The predicted octanol–water partition coefficient (Wildman–Crippen LogP) is 1.71. The summed E-state index contributed by atoms with van der Waals surface area (Å²) >= 11 is 0. The molecule has 76 valence electrons. The van der Waals surface area contributed by atoms with E-state index >= 15 is 0 Å². The molecule has 1 aliphatic heterocycles. The van der Waals surface area contributed by atoms with Crippen molar-refractivity contribution in [2.75, 3.05) is 12.3 Å². The van der Waals surface area contributed by atoms with Crippen LogP contribution in [0.4, 0.5) is 5.69 Å². The van der Waals surface area contributed by atoms with E-state index in [9.17, 15) is 5.11 Å². The molecule has 0 spiro atoms. The van der Waals surface area contributed by atoms with Crippen LogP contribution in [-0.4, -0.2) is 11.7 Å². The zero-order valence-electron chi connectivity index (χ0n) is 8.38. The van der Waals surface area contributed by atoms with Gasteiger partial charge in [0.15, 0.2) is 0 Å². The number of nitrogens with one attached hydrogen (secondary N) is 1. The molecule has 0 aliphatic carbocycles. The maximum atomic E-state index is 9.87. The van der Waals surface area contributed by atoms with Crippen LogP contribution in [0.5, 0.6) is 5.75 Å². The lowest BCUT2D eigenvalue weighted by Gasteiger charge is -2.16. The normalized spacial score (nSPS) is 21.4. The minimum absolute atomic E-state index is 0.254. The quantitative estimate of drug-likeness (QED) is 0.469. The Morgan fingerprint density at radius 3 is 2.93 bits per heavy atom. The Kier molecular flexibility index (Phi) is 2.33. The Morgan fingerprint density at radius 1 is 1.50 bits per heavy atom. The van der Waals surface area contributed by atoms with Crippen molar-refractivity contribution in [2.45, 2.75) is 25.8 Å². The van der Waals surface area contributed by atoms with Crippen molar-refractivity contribution in [2.24, 2.45) is 0 Å². The second-order valence-electron chi connectivity index (χ2n) is 3.88. The summed E-state index contributed by atoms with van der Waals surface area (Å²) in [5.41, 5.74) is 8.23. The zero-order valence-corrected chi connectivity index (χ0v) is 8.38. The third-order valence-electron chi connectivity index (χ3n) is 2.88. The van der Waals surface area contributed by atoms with Gasteiger partial charge >= 0.3 is 0 Å². The van der Waals surface area contributed by atoms with Gasteiger partial charge in [-0.2, -0.15) is 0 Å². The van der Waals surface area contributed by atoms with Gasteiger partial charge in [0.2, 0.25) is 0 Å². The number of anilines is 1. The topological polar surface area (TPSA) is 58.3 Å². The molecule has 1 heterocycles. The fraction of sp³-hybridized carbons (Fsp3) is 0.455. The first-order valence-electron chi connectivity index (χ1n) is 5.01. The Balaban J connectivity index is 2.44. The molecule has 0 unspecified atom stereocenters. The van der Waals surface area contributed by atoms with Crippen molar-refractivity contribution in [1.82, 2.24) is 5.32 Å². The summed E-state index contributed by atoms with van der Waals surface area (Å²) in [6, 6.07) is 3.99. The first-order chi connectivity index (χ1) is 6.70. The molecule has 4 N–H and O–H groups in total. The van der Waals surface area contributed by atoms with Crippen molar-refractivity contribution < 1.29 is 5.11 Å². The lowest BCUT2D eigenvalue weighted by atomic mass is 9.98. The van der Waals surface area contributed by atoms with Crippen molar-refractivity contribution in [3.05, 3.63) is 23.3 Å². The van der Waals surface area contributed by atoms with Gasteiger partial charge in [-0.3, -0.25) is 0 Å². The molecule has 1 aliphatic rings. The zero-order chi connectivity index (χ0) is 10.1. The summed E-state index contributed by atoms with van der Waals surface area (Å²) in [5, 5.41) is 13.2. The molecular formula is C11H16N2O. The Bertz CT molecular complexity index is 343. The number of aryl methyl sites for hydroxylation is 1. The Labute approximate surface area is 83.9 Å². The summed E-state index contributed by atoms with van der Waals surface area (Å²) in [5.74, 6) is 0.254. The molecule has 1 aromatic carbocycles. The first kappa shape index (κ1) is 9.34. The third kappa shape index (κ3) is 1.44. The number of phenols is 1. The van der Waals surface area contributed by atoms with E-state index in [0.29, 0.717) is 5.69 Å². The van der Waals surface area contributed by atoms with Crippen LogP contribution in [0, 0.1) is 6.92 Å². The molecular weight excluding hydrogens is 176 g/mol. The SMILES string of the molecule is Cc1ccc(N)c(O)c1[C@H]1CCCN1. The van der Waals surface area contributed by atoms with E-state index in [4.69, 9.17) is 5.73 Å². The van der Waals surface area contributed by atoms with Crippen molar-refractivity contribution >= 4 is 5.69 Å². The monoisotopic (exact) mass is 192 g/mol. The molecule has 0 bridgehead atoms. The van der Waals surface area contributed by atoms with E-state index in [1.54, 1.807) is 6.07 Å². The van der Waals surface area contributed by atoms with Crippen LogP contribution in [0.1, 0.15) is 30.0 Å². The summed E-state index contributed by atoms with van der Waals surface area (Å²) in [6.07, 6.45) is 2.25. The number of rotatable bonds is 1. The van der Waals surface area contributed by atoms with E-state index in [-0.39, 0.29) is 11.8 Å². The van der Waals surface area contributed by atoms with Gasteiger partial charge in [-0.15, -0.1) is 0 Å². The lowest BCUT2D eigenvalue weighted by molar-refractivity contribution is 0.458. The molecule has 1 aromatic rings. The average molecular weight is 192 g/mol. The van der Waals surface area contributed by atoms with Crippen molar-refractivity contribution in [1.29, 1.82) is 0 Å². The van der Waals surface area contributed by atoms with Crippen LogP contribution in [0.15, 0.2) is 12.1 Å². The fourth-order valence-electron chi connectivity index (χ4n) is 2.10. The number of nitrogens with two attached hydrogens (primary N) is 1. The van der Waals surface area contributed by atoms with Gasteiger partial charge < -0.3 is 16.2 Å². The number of aromatic hydroxyl groups is 1. The van der Waals surface area contributed by atoms with Gasteiger partial charge in [-0.05, 0) is 37.9 Å². The predicted molar refractivity (Wildman–Crippen MR) is 57.2 cm³/mol. The van der Waals surface area contributed by atoms with Crippen molar-refractivity contribution in [3.8, 4) is 5.75 Å². The summed E-state index contributed by atoms with van der Waals surface area (Å²) in [4.78, 5) is 0. The molecule has 0 aromatic heterocycles. The van der Waals surface area contributed by atoms with E-state index in [1.807, 2.05) is 13.0 Å². The van der Waals surface area contributed by atoms with E-state index < -0.39 is 0 Å². The highest BCUT2D eigenvalue weighted by Crippen LogP contribution is 2.36. The maximum absolute atomic E-state index is 9.87. The number of hydrogen-bond acceptors (Lipinski definition) is 3. The summed E-state index contributed by atoms with van der Waals surface area (Å²) in [6.45, 7) is 3.03. The molecule has 0 saturated carbocycles.